The van der Waals surface area contributed by atoms with Crippen LogP contribution in [0, 0.1) is 0 Å². The minimum absolute atomic E-state index is 0.403. The van der Waals surface area contributed by atoms with Gasteiger partial charge in [-0.3, -0.25) is 4.57 Å². The summed E-state index contributed by atoms with van der Waals surface area (Å²) in [6, 6.07) is 0. The lowest BCUT2D eigenvalue weighted by atomic mass is 10.1. The van der Waals surface area contributed by atoms with E-state index in [1.807, 2.05) is 4.57 Å². The number of rotatable bonds is 1. The van der Waals surface area contributed by atoms with Crippen molar-refractivity contribution in [3.8, 4) is 0 Å². The molecule has 0 amide bonds. The molecule has 3 heterocycles. The maximum Gasteiger partial charge on any atom is 0.139 e. The normalized spacial score (nSPS) is 30.5. The summed E-state index contributed by atoms with van der Waals surface area (Å²) in [4.78, 5) is 0. The maximum atomic E-state index is 9.95. The Morgan fingerprint density at radius 1 is 1.33 bits per heavy atom. The van der Waals surface area contributed by atoms with Crippen molar-refractivity contribution in [3.05, 3.63) is 11.6 Å². The highest BCUT2D eigenvalue weighted by atomic mass is 16.3. The zero-order valence-corrected chi connectivity index (χ0v) is 8.69. The first-order valence-electron chi connectivity index (χ1n) is 5.68. The Morgan fingerprint density at radius 3 is 3.07 bits per heavy atom. The van der Waals surface area contributed by atoms with Gasteiger partial charge in [0.15, 0.2) is 0 Å². The zero-order chi connectivity index (χ0) is 10.3. The van der Waals surface area contributed by atoms with Crippen LogP contribution in [0.3, 0.4) is 0 Å². The summed E-state index contributed by atoms with van der Waals surface area (Å²) in [6.07, 6.45) is 3.49. The molecule has 0 aliphatic carbocycles. The van der Waals surface area contributed by atoms with Gasteiger partial charge in [0.1, 0.15) is 17.9 Å². The molecule has 0 saturated carbocycles. The molecular weight excluding hydrogens is 192 g/mol. The van der Waals surface area contributed by atoms with Crippen molar-refractivity contribution in [2.75, 3.05) is 13.1 Å². The summed E-state index contributed by atoms with van der Waals surface area (Å²) in [6.45, 7) is 2.01. The third kappa shape index (κ3) is 1.46. The second-order valence-corrected chi connectivity index (χ2v) is 4.41. The molecule has 0 spiro atoms. The highest BCUT2D eigenvalue weighted by molar-refractivity contribution is 5.07. The molecule has 2 aliphatic heterocycles. The molecule has 5 heteroatoms. The number of aliphatic hydroxyl groups excluding tert-OH is 1. The van der Waals surface area contributed by atoms with Crippen LogP contribution in [0.4, 0.5) is 0 Å². The van der Waals surface area contributed by atoms with Gasteiger partial charge in [0, 0.05) is 18.9 Å². The van der Waals surface area contributed by atoms with E-state index in [0.29, 0.717) is 5.92 Å². The molecular formula is C10H16N4O. The average Bonchev–Trinajstić information content (AvgIpc) is 2.85. The largest absolute Gasteiger partial charge is 0.373 e. The molecule has 82 valence electrons. The smallest absolute Gasteiger partial charge is 0.139 e. The second kappa shape index (κ2) is 3.57. The van der Waals surface area contributed by atoms with Gasteiger partial charge < -0.3 is 10.4 Å². The van der Waals surface area contributed by atoms with Crippen LogP contribution >= 0.6 is 0 Å². The first-order valence-corrected chi connectivity index (χ1v) is 5.68. The van der Waals surface area contributed by atoms with Crippen LogP contribution in [-0.4, -0.2) is 33.0 Å². The predicted molar refractivity (Wildman–Crippen MR) is 54.4 cm³/mol. The lowest BCUT2D eigenvalue weighted by Gasteiger charge is -2.22. The molecule has 2 aliphatic rings. The topological polar surface area (TPSA) is 63.0 Å². The Labute approximate surface area is 88.5 Å². The van der Waals surface area contributed by atoms with Crippen molar-refractivity contribution in [2.45, 2.75) is 37.8 Å². The van der Waals surface area contributed by atoms with Gasteiger partial charge in [0.25, 0.3) is 0 Å². The van der Waals surface area contributed by atoms with Gasteiger partial charge in [-0.15, -0.1) is 10.2 Å². The molecule has 0 radical (unpaired) electrons. The minimum Gasteiger partial charge on any atom is -0.373 e. The van der Waals surface area contributed by atoms with Crippen molar-refractivity contribution in [2.24, 2.45) is 0 Å². The van der Waals surface area contributed by atoms with E-state index in [1.165, 1.54) is 0 Å². The van der Waals surface area contributed by atoms with Crippen molar-refractivity contribution < 1.29 is 5.11 Å². The van der Waals surface area contributed by atoms with E-state index in [-0.39, 0.29) is 0 Å². The molecule has 2 unspecified atom stereocenters. The van der Waals surface area contributed by atoms with E-state index < -0.39 is 6.23 Å². The van der Waals surface area contributed by atoms with Gasteiger partial charge in [-0.1, -0.05) is 0 Å². The SMILES string of the molecule is OC1CCCc2nnc(C3CCNC3)n21. The van der Waals surface area contributed by atoms with E-state index in [4.69, 9.17) is 0 Å². The third-order valence-electron chi connectivity index (χ3n) is 3.38. The molecule has 0 aromatic carbocycles. The highest BCUT2D eigenvalue weighted by Gasteiger charge is 2.28. The lowest BCUT2D eigenvalue weighted by Crippen LogP contribution is -2.22. The maximum absolute atomic E-state index is 9.95. The monoisotopic (exact) mass is 208 g/mol. The van der Waals surface area contributed by atoms with E-state index in [2.05, 4.69) is 15.5 Å². The molecule has 1 saturated heterocycles. The van der Waals surface area contributed by atoms with E-state index in [0.717, 1.165) is 50.4 Å². The van der Waals surface area contributed by atoms with E-state index >= 15 is 0 Å². The van der Waals surface area contributed by atoms with Gasteiger partial charge in [-0.05, 0) is 25.8 Å². The highest BCUT2D eigenvalue weighted by Crippen LogP contribution is 2.28. The number of nitrogens with zero attached hydrogens (tertiary/aromatic N) is 3. The number of aliphatic hydroxyl groups is 1. The summed E-state index contributed by atoms with van der Waals surface area (Å²) in [7, 11) is 0. The van der Waals surface area contributed by atoms with E-state index in [1.54, 1.807) is 0 Å². The second-order valence-electron chi connectivity index (χ2n) is 4.41. The number of hydrogen-bond acceptors (Lipinski definition) is 4. The molecule has 1 aromatic heterocycles. The first-order chi connectivity index (χ1) is 7.36. The summed E-state index contributed by atoms with van der Waals surface area (Å²) >= 11 is 0. The summed E-state index contributed by atoms with van der Waals surface area (Å²) < 4.78 is 1.95. The van der Waals surface area contributed by atoms with Crippen LogP contribution in [0.25, 0.3) is 0 Å². The van der Waals surface area contributed by atoms with Gasteiger partial charge in [-0.2, -0.15) is 0 Å². The zero-order valence-electron chi connectivity index (χ0n) is 8.69. The average molecular weight is 208 g/mol. The van der Waals surface area contributed by atoms with Crippen LogP contribution in [0.15, 0.2) is 0 Å². The summed E-state index contributed by atoms with van der Waals surface area (Å²) in [5.74, 6) is 2.36. The first kappa shape index (κ1) is 9.30. The molecule has 15 heavy (non-hydrogen) atoms. The predicted octanol–water partition coefficient (Wildman–Crippen LogP) is 0.182. The van der Waals surface area contributed by atoms with Gasteiger partial charge in [0.05, 0.1) is 0 Å². The fraction of sp³-hybridized carbons (Fsp3) is 0.800. The standard InChI is InChI=1S/C10H16N4O/c15-9-3-1-2-8-12-13-10(14(8)9)7-4-5-11-6-7/h7,9,11,15H,1-6H2. The molecule has 1 fully saturated rings. The number of nitrogens with one attached hydrogen (secondary N) is 1. The van der Waals surface area contributed by atoms with Crippen molar-refractivity contribution in [3.63, 3.8) is 0 Å². The Hall–Kier alpha value is -0.940. The quantitative estimate of drug-likeness (QED) is 0.691. The number of fused-ring (bicyclic) bond motifs is 1. The van der Waals surface area contributed by atoms with Crippen molar-refractivity contribution in [1.82, 2.24) is 20.1 Å². The molecule has 1 aromatic rings. The van der Waals surface area contributed by atoms with Crippen LogP contribution in [0.1, 0.15) is 43.1 Å². The molecule has 2 atom stereocenters. The number of hydrogen-bond donors (Lipinski definition) is 2. The number of aryl methyl sites for hydroxylation is 1. The summed E-state index contributed by atoms with van der Waals surface area (Å²) in [5.41, 5.74) is 0. The van der Waals surface area contributed by atoms with Crippen LogP contribution in [0.5, 0.6) is 0 Å². The Balaban J connectivity index is 1.97. The van der Waals surface area contributed by atoms with Gasteiger partial charge in [0.2, 0.25) is 0 Å². The van der Waals surface area contributed by atoms with E-state index in [9.17, 15) is 5.11 Å². The van der Waals surface area contributed by atoms with Crippen LogP contribution in [-0.2, 0) is 6.42 Å². The third-order valence-corrected chi connectivity index (χ3v) is 3.38. The Bertz CT molecular complexity index is 356. The molecule has 2 N–H and O–H groups in total. The Kier molecular flexibility index (Phi) is 2.21. The number of aromatic nitrogens is 3. The fourth-order valence-corrected chi connectivity index (χ4v) is 2.56. The van der Waals surface area contributed by atoms with Crippen molar-refractivity contribution >= 4 is 0 Å². The van der Waals surface area contributed by atoms with Gasteiger partial charge in [-0.25, -0.2) is 0 Å². The molecule has 3 rings (SSSR count). The molecule has 5 nitrogen and oxygen atoms in total. The van der Waals surface area contributed by atoms with Crippen LogP contribution in [0.2, 0.25) is 0 Å². The van der Waals surface area contributed by atoms with Crippen molar-refractivity contribution in [1.29, 1.82) is 0 Å². The minimum atomic E-state index is -0.403. The van der Waals surface area contributed by atoms with Gasteiger partial charge >= 0.3 is 0 Å². The fourth-order valence-electron chi connectivity index (χ4n) is 2.56. The lowest BCUT2D eigenvalue weighted by molar-refractivity contribution is 0.0739. The Morgan fingerprint density at radius 2 is 2.27 bits per heavy atom. The molecule has 0 bridgehead atoms. The summed E-state index contributed by atoms with van der Waals surface area (Å²) in [5, 5.41) is 21.7. The van der Waals surface area contributed by atoms with Crippen LogP contribution < -0.4 is 5.32 Å².